The summed E-state index contributed by atoms with van der Waals surface area (Å²) in [6.45, 7) is 9.37. The topological polar surface area (TPSA) is 69.7 Å². The molecule has 0 heterocycles. The molecule has 0 aromatic carbocycles. The quantitative estimate of drug-likeness (QED) is 0.621. The summed E-state index contributed by atoms with van der Waals surface area (Å²) in [5.41, 5.74) is -0.0512. The van der Waals surface area contributed by atoms with Crippen molar-refractivity contribution in [3.8, 4) is 0 Å². The van der Waals surface area contributed by atoms with Crippen LogP contribution in [0.4, 0.5) is 0 Å². The van der Waals surface area contributed by atoms with Gasteiger partial charge in [0.2, 0.25) is 0 Å². The number of Topliss-reactive ketones (excluding diaryl/α,β-unsaturated/α-hetero) is 1. The zero-order valence-corrected chi connectivity index (χ0v) is 19.2. The van der Waals surface area contributed by atoms with Crippen molar-refractivity contribution in [3.05, 3.63) is 0 Å². The first-order valence-corrected chi connectivity index (χ1v) is 11.9. The number of rotatable bonds is 3. The van der Waals surface area contributed by atoms with Crippen LogP contribution in [0.1, 0.15) is 86.0 Å². The molecule has 0 aromatic rings. The molecule has 0 amide bonds. The normalized spacial score (nSPS) is 47.4. The van der Waals surface area contributed by atoms with Crippen LogP contribution in [-0.4, -0.2) is 29.9 Å². The second-order valence-corrected chi connectivity index (χ2v) is 11.1. The zero-order valence-electron chi connectivity index (χ0n) is 19.2. The number of fused-ring (bicyclic) bond motifs is 5. The zero-order chi connectivity index (χ0) is 21.8. The average molecular weight is 419 g/mol. The van der Waals surface area contributed by atoms with Gasteiger partial charge in [-0.3, -0.25) is 14.4 Å². The van der Waals surface area contributed by atoms with Crippen molar-refractivity contribution in [1.29, 1.82) is 0 Å². The third-order valence-electron chi connectivity index (χ3n) is 9.82. The maximum Gasteiger partial charge on any atom is 0.302 e. The van der Waals surface area contributed by atoms with Crippen molar-refractivity contribution in [2.24, 2.45) is 40.4 Å². The van der Waals surface area contributed by atoms with Gasteiger partial charge in [-0.15, -0.1) is 0 Å². The monoisotopic (exact) mass is 418 g/mol. The fourth-order valence-corrected chi connectivity index (χ4v) is 8.53. The van der Waals surface area contributed by atoms with Crippen LogP contribution in [0.25, 0.3) is 0 Å². The Kier molecular flexibility index (Phi) is 5.55. The summed E-state index contributed by atoms with van der Waals surface area (Å²) in [5.74, 6) is 1.92. The summed E-state index contributed by atoms with van der Waals surface area (Å²) < 4.78 is 11.6. The Hall–Kier alpha value is -1.39. The van der Waals surface area contributed by atoms with Crippen molar-refractivity contribution < 1.29 is 23.9 Å². The van der Waals surface area contributed by atoms with Crippen molar-refractivity contribution in [3.63, 3.8) is 0 Å². The lowest BCUT2D eigenvalue weighted by atomic mass is 9.44. The second kappa shape index (κ2) is 7.63. The first kappa shape index (κ1) is 21.8. The van der Waals surface area contributed by atoms with E-state index in [0.29, 0.717) is 23.7 Å². The van der Waals surface area contributed by atoms with E-state index in [1.165, 1.54) is 26.7 Å². The molecule has 168 valence electrons. The Morgan fingerprint density at radius 2 is 1.50 bits per heavy atom. The smallest absolute Gasteiger partial charge is 0.302 e. The summed E-state index contributed by atoms with van der Waals surface area (Å²) >= 11 is 0. The fourth-order valence-electron chi connectivity index (χ4n) is 8.53. The standard InChI is InChI=1S/C25H38O5/c1-14(26)20-8-9-21-19-7-6-17-12-18(29-15(2)27)10-11-24(17,4)22(19)13-23(25(20,21)5)30-16(3)28/h17-23H,6-13H2,1-5H3/t17?,18-,19+,20-,21+,22+,23+,24+,25-/m1/s1. The number of hydrogen-bond acceptors (Lipinski definition) is 5. The predicted molar refractivity (Wildman–Crippen MR) is 112 cm³/mol. The lowest BCUT2D eigenvalue weighted by Crippen LogP contribution is -2.59. The van der Waals surface area contributed by atoms with E-state index in [0.717, 1.165) is 38.5 Å². The summed E-state index contributed by atoms with van der Waals surface area (Å²) in [5, 5.41) is 0. The summed E-state index contributed by atoms with van der Waals surface area (Å²) in [4.78, 5) is 36.0. The van der Waals surface area contributed by atoms with Gasteiger partial charge in [-0.2, -0.15) is 0 Å². The highest BCUT2D eigenvalue weighted by molar-refractivity contribution is 5.80. The lowest BCUT2D eigenvalue weighted by molar-refractivity contribution is -0.195. The number of carbonyl (C=O) groups excluding carboxylic acids is 3. The molecule has 4 rings (SSSR count). The number of ketones is 1. The molecular weight excluding hydrogens is 380 g/mol. The van der Waals surface area contributed by atoms with E-state index in [4.69, 9.17) is 9.47 Å². The second-order valence-electron chi connectivity index (χ2n) is 11.1. The van der Waals surface area contributed by atoms with Crippen molar-refractivity contribution in [2.75, 3.05) is 0 Å². The van der Waals surface area contributed by atoms with E-state index in [-0.39, 0.29) is 46.7 Å². The molecule has 0 radical (unpaired) electrons. The summed E-state index contributed by atoms with van der Waals surface area (Å²) in [7, 11) is 0. The van der Waals surface area contributed by atoms with E-state index >= 15 is 0 Å². The van der Waals surface area contributed by atoms with Crippen LogP contribution in [0.3, 0.4) is 0 Å². The summed E-state index contributed by atoms with van der Waals surface area (Å²) in [6.07, 6.45) is 8.00. The molecule has 0 aromatic heterocycles. The maximum absolute atomic E-state index is 12.5. The van der Waals surface area contributed by atoms with Gasteiger partial charge in [-0.25, -0.2) is 0 Å². The Morgan fingerprint density at radius 3 is 2.13 bits per heavy atom. The molecular formula is C25H38O5. The highest BCUT2D eigenvalue weighted by Gasteiger charge is 2.65. The van der Waals surface area contributed by atoms with Gasteiger partial charge in [0.1, 0.15) is 18.0 Å². The van der Waals surface area contributed by atoms with Crippen LogP contribution in [0.2, 0.25) is 0 Å². The molecule has 0 spiro atoms. The van der Waals surface area contributed by atoms with Crippen LogP contribution >= 0.6 is 0 Å². The first-order valence-electron chi connectivity index (χ1n) is 11.9. The van der Waals surface area contributed by atoms with Crippen molar-refractivity contribution in [2.45, 2.75) is 98.2 Å². The Bertz CT molecular complexity index is 731. The van der Waals surface area contributed by atoms with E-state index in [9.17, 15) is 14.4 Å². The van der Waals surface area contributed by atoms with Gasteiger partial charge >= 0.3 is 11.9 Å². The first-order chi connectivity index (χ1) is 14.1. The molecule has 4 saturated carbocycles. The minimum Gasteiger partial charge on any atom is -0.463 e. The Labute approximate surface area is 180 Å². The minimum atomic E-state index is -0.239. The highest BCUT2D eigenvalue weighted by atomic mass is 16.5. The molecule has 30 heavy (non-hydrogen) atoms. The van der Waals surface area contributed by atoms with Gasteiger partial charge in [-0.1, -0.05) is 13.8 Å². The SMILES string of the molecule is CC(=O)O[C@@H]1CC[C@@]2(C)C(CC[C@H]3[C@@H]4CC[C@H](C(C)=O)[C@@]4(C)[C@@H](OC(C)=O)C[C@@H]32)C1. The van der Waals surface area contributed by atoms with E-state index < -0.39 is 0 Å². The van der Waals surface area contributed by atoms with Gasteiger partial charge < -0.3 is 9.47 Å². The third kappa shape index (κ3) is 3.31. The largest absolute Gasteiger partial charge is 0.463 e. The van der Waals surface area contributed by atoms with Crippen molar-refractivity contribution >= 4 is 17.7 Å². The van der Waals surface area contributed by atoms with Crippen LogP contribution in [0, 0.1) is 40.4 Å². The van der Waals surface area contributed by atoms with E-state index in [2.05, 4.69) is 13.8 Å². The third-order valence-corrected chi connectivity index (χ3v) is 9.82. The lowest BCUT2D eigenvalue weighted by Gasteiger charge is -2.62. The summed E-state index contributed by atoms with van der Waals surface area (Å²) in [6, 6.07) is 0. The van der Waals surface area contributed by atoms with Crippen LogP contribution in [0.5, 0.6) is 0 Å². The maximum atomic E-state index is 12.5. The number of esters is 2. The molecule has 4 fully saturated rings. The van der Waals surface area contributed by atoms with Crippen molar-refractivity contribution in [1.82, 2.24) is 0 Å². The molecule has 4 aliphatic rings. The van der Waals surface area contributed by atoms with Crippen LogP contribution in [0.15, 0.2) is 0 Å². The van der Waals surface area contributed by atoms with Gasteiger partial charge in [0.15, 0.2) is 0 Å². The number of ether oxygens (including phenoxy) is 2. The molecule has 0 bridgehead atoms. The highest BCUT2D eigenvalue weighted by Crippen LogP contribution is 2.68. The molecule has 9 atom stereocenters. The molecule has 0 saturated heterocycles. The molecule has 4 aliphatic carbocycles. The van der Waals surface area contributed by atoms with Gasteiger partial charge in [-0.05, 0) is 87.4 Å². The van der Waals surface area contributed by atoms with Crippen LogP contribution < -0.4 is 0 Å². The Morgan fingerprint density at radius 1 is 0.800 bits per heavy atom. The molecule has 5 nitrogen and oxygen atoms in total. The number of carbonyl (C=O) groups is 3. The predicted octanol–water partition coefficient (Wildman–Crippen LogP) is 4.71. The molecule has 0 aliphatic heterocycles. The average Bonchev–Trinajstić information content (AvgIpc) is 3.01. The van der Waals surface area contributed by atoms with Crippen LogP contribution in [-0.2, 0) is 23.9 Å². The molecule has 5 heteroatoms. The minimum absolute atomic E-state index is 0.00182. The Balaban J connectivity index is 1.64. The molecule has 0 N–H and O–H groups in total. The van der Waals surface area contributed by atoms with Gasteiger partial charge in [0.05, 0.1) is 0 Å². The molecule has 1 unspecified atom stereocenters. The van der Waals surface area contributed by atoms with E-state index in [1.54, 1.807) is 6.92 Å². The van der Waals surface area contributed by atoms with Gasteiger partial charge in [0, 0.05) is 25.2 Å². The number of hydrogen-bond donors (Lipinski definition) is 0. The van der Waals surface area contributed by atoms with Gasteiger partial charge in [0.25, 0.3) is 0 Å². The fraction of sp³-hybridized carbons (Fsp3) is 0.880. The van der Waals surface area contributed by atoms with E-state index in [1.807, 2.05) is 0 Å².